The van der Waals surface area contributed by atoms with Gasteiger partial charge in [0.15, 0.2) is 11.5 Å². The van der Waals surface area contributed by atoms with Crippen molar-refractivity contribution in [2.45, 2.75) is 38.3 Å². The maximum Gasteiger partial charge on any atom is 0.219 e. The molecular formula is C12H14N2O3. The number of carbonyl (C=O) groups is 2. The molecule has 1 aliphatic heterocycles. The van der Waals surface area contributed by atoms with E-state index in [0.717, 1.165) is 0 Å². The Morgan fingerprint density at radius 2 is 2.47 bits per heavy atom. The van der Waals surface area contributed by atoms with E-state index >= 15 is 0 Å². The number of Topliss-reactive ketones (excluding diaryl/α,β-unsaturated/α-hetero) is 1. The van der Waals surface area contributed by atoms with Crippen LogP contribution in [-0.4, -0.2) is 17.4 Å². The Kier molecular flexibility index (Phi) is 2.88. The first kappa shape index (κ1) is 11.6. The lowest BCUT2D eigenvalue weighted by molar-refractivity contribution is -0.154. The number of nitriles is 1. The smallest absolute Gasteiger partial charge is 0.219 e. The highest BCUT2D eigenvalue weighted by atomic mass is 16.5. The number of hydrogen-bond acceptors (Lipinski definition) is 4. The molecule has 1 aliphatic carbocycles. The number of carbonyl (C=O) groups excluding carboxylic acids is 2. The van der Waals surface area contributed by atoms with Crippen molar-refractivity contribution in [2.24, 2.45) is 5.92 Å². The van der Waals surface area contributed by atoms with Crippen LogP contribution in [0.2, 0.25) is 0 Å². The number of allylic oxidation sites excluding steroid dienone is 2. The van der Waals surface area contributed by atoms with E-state index < -0.39 is 5.72 Å². The van der Waals surface area contributed by atoms with E-state index in [1.807, 2.05) is 6.07 Å². The minimum atomic E-state index is -0.999. The molecule has 0 aromatic heterocycles. The predicted octanol–water partition coefficient (Wildman–Crippen LogP) is 1.02. The molecule has 1 amide bonds. The molecule has 2 aliphatic rings. The van der Waals surface area contributed by atoms with E-state index in [9.17, 15) is 9.59 Å². The lowest BCUT2D eigenvalue weighted by Crippen LogP contribution is -2.60. The standard InChI is InChI=1S/C12H14N2O3/c1-8(15)14-12-6-2-3-11(16)10(12)5-4-9(7-13)17-12/h4,10H,2-3,5-6H2,1H3,(H,14,15). The highest BCUT2D eigenvalue weighted by Gasteiger charge is 2.49. The average molecular weight is 234 g/mol. The van der Waals surface area contributed by atoms with Gasteiger partial charge in [-0.25, -0.2) is 0 Å². The molecule has 17 heavy (non-hydrogen) atoms. The van der Waals surface area contributed by atoms with E-state index in [0.29, 0.717) is 25.7 Å². The molecule has 5 heteroatoms. The largest absolute Gasteiger partial charge is 0.457 e. The third kappa shape index (κ3) is 2.03. The Bertz CT molecular complexity index is 436. The fourth-order valence-corrected chi connectivity index (χ4v) is 2.58. The Morgan fingerprint density at radius 3 is 3.12 bits per heavy atom. The Balaban J connectivity index is 2.34. The fraction of sp³-hybridized carbons (Fsp3) is 0.583. The highest BCUT2D eigenvalue weighted by Crippen LogP contribution is 2.39. The third-order valence-corrected chi connectivity index (χ3v) is 3.25. The summed E-state index contributed by atoms with van der Waals surface area (Å²) in [7, 11) is 0. The third-order valence-electron chi connectivity index (χ3n) is 3.25. The lowest BCUT2D eigenvalue weighted by atomic mass is 9.76. The summed E-state index contributed by atoms with van der Waals surface area (Å²) in [6.45, 7) is 1.39. The van der Waals surface area contributed by atoms with Crippen LogP contribution in [0.5, 0.6) is 0 Å². The number of fused-ring (bicyclic) bond motifs is 1. The molecule has 2 atom stereocenters. The number of nitrogens with one attached hydrogen (secondary N) is 1. The lowest BCUT2D eigenvalue weighted by Gasteiger charge is -2.44. The Hall–Kier alpha value is -1.83. The zero-order chi connectivity index (χ0) is 12.5. The van der Waals surface area contributed by atoms with Gasteiger partial charge >= 0.3 is 0 Å². The number of amides is 1. The molecule has 5 nitrogen and oxygen atoms in total. The van der Waals surface area contributed by atoms with Gasteiger partial charge in [-0.1, -0.05) is 0 Å². The van der Waals surface area contributed by atoms with E-state index in [-0.39, 0.29) is 23.4 Å². The van der Waals surface area contributed by atoms with Crippen molar-refractivity contribution in [3.8, 4) is 6.07 Å². The molecule has 1 saturated carbocycles. The van der Waals surface area contributed by atoms with Crippen molar-refractivity contribution >= 4 is 11.7 Å². The van der Waals surface area contributed by atoms with Gasteiger partial charge in [-0.05, 0) is 18.9 Å². The maximum atomic E-state index is 11.9. The molecule has 0 aromatic carbocycles. The Labute approximate surface area is 99.4 Å². The molecule has 0 spiro atoms. The summed E-state index contributed by atoms with van der Waals surface area (Å²) in [6, 6.07) is 1.93. The number of hydrogen-bond donors (Lipinski definition) is 1. The van der Waals surface area contributed by atoms with Crippen LogP contribution in [0.4, 0.5) is 0 Å². The molecule has 0 bridgehead atoms. The average Bonchev–Trinajstić information content (AvgIpc) is 2.27. The van der Waals surface area contributed by atoms with Crippen molar-refractivity contribution in [1.82, 2.24) is 5.32 Å². The normalized spacial score (nSPS) is 31.6. The zero-order valence-electron chi connectivity index (χ0n) is 9.66. The summed E-state index contributed by atoms with van der Waals surface area (Å²) in [5, 5.41) is 11.6. The Morgan fingerprint density at radius 1 is 1.71 bits per heavy atom. The van der Waals surface area contributed by atoms with Crippen molar-refractivity contribution < 1.29 is 14.3 Å². The van der Waals surface area contributed by atoms with Gasteiger partial charge in [-0.15, -0.1) is 0 Å². The van der Waals surface area contributed by atoms with E-state index in [1.165, 1.54) is 6.92 Å². The quantitative estimate of drug-likeness (QED) is 0.734. The van der Waals surface area contributed by atoms with Gasteiger partial charge in [0.25, 0.3) is 0 Å². The molecule has 2 rings (SSSR count). The molecule has 1 fully saturated rings. The monoisotopic (exact) mass is 234 g/mol. The van der Waals surface area contributed by atoms with Crippen LogP contribution in [0.3, 0.4) is 0 Å². The van der Waals surface area contributed by atoms with Crippen molar-refractivity contribution in [2.75, 3.05) is 0 Å². The van der Waals surface area contributed by atoms with Gasteiger partial charge in [0.1, 0.15) is 11.9 Å². The second kappa shape index (κ2) is 4.21. The first-order valence-electron chi connectivity index (χ1n) is 5.68. The summed E-state index contributed by atoms with van der Waals surface area (Å²) in [5.74, 6) is -0.330. The van der Waals surface area contributed by atoms with Gasteiger partial charge in [-0.2, -0.15) is 5.26 Å². The first-order valence-corrected chi connectivity index (χ1v) is 5.68. The topological polar surface area (TPSA) is 79.2 Å². The van der Waals surface area contributed by atoms with Crippen LogP contribution in [0.15, 0.2) is 11.8 Å². The van der Waals surface area contributed by atoms with Crippen molar-refractivity contribution in [1.29, 1.82) is 5.26 Å². The molecule has 1 heterocycles. The van der Waals surface area contributed by atoms with Crippen molar-refractivity contribution in [3.63, 3.8) is 0 Å². The van der Waals surface area contributed by atoms with Crippen LogP contribution in [-0.2, 0) is 14.3 Å². The van der Waals surface area contributed by atoms with Crippen molar-refractivity contribution in [3.05, 3.63) is 11.8 Å². The minimum Gasteiger partial charge on any atom is -0.457 e. The fourth-order valence-electron chi connectivity index (χ4n) is 2.58. The summed E-state index contributed by atoms with van der Waals surface area (Å²) in [5.41, 5.74) is -0.999. The molecule has 90 valence electrons. The van der Waals surface area contributed by atoms with Gasteiger partial charge in [0.05, 0.1) is 5.92 Å². The predicted molar refractivity (Wildman–Crippen MR) is 58.3 cm³/mol. The number of nitrogens with zero attached hydrogens (tertiary/aromatic N) is 1. The van der Waals surface area contributed by atoms with Crippen LogP contribution in [0, 0.1) is 17.2 Å². The maximum absolute atomic E-state index is 11.9. The molecular weight excluding hydrogens is 220 g/mol. The van der Waals surface area contributed by atoms with E-state index in [4.69, 9.17) is 10.00 Å². The van der Waals surface area contributed by atoms with Crippen LogP contribution < -0.4 is 5.32 Å². The summed E-state index contributed by atoms with van der Waals surface area (Å²) < 4.78 is 5.56. The van der Waals surface area contributed by atoms with Gasteiger partial charge in [-0.3, -0.25) is 9.59 Å². The second-order valence-electron chi connectivity index (χ2n) is 4.46. The zero-order valence-corrected chi connectivity index (χ0v) is 9.66. The number of ether oxygens (including phenoxy) is 1. The van der Waals surface area contributed by atoms with Crippen LogP contribution in [0.1, 0.15) is 32.6 Å². The van der Waals surface area contributed by atoms with Gasteiger partial charge in [0.2, 0.25) is 5.91 Å². The molecule has 0 saturated heterocycles. The van der Waals surface area contributed by atoms with Gasteiger partial charge < -0.3 is 10.1 Å². The summed E-state index contributed by atoms with van der Waals surface area (Å²) in [4.78, 5) is 23.1. The van der Waals surface area contributed by atoms with Crippen LogP contribution >= 0.6 is 0 Å². The van der Waals surface area contributed by atoms with E-state index in [2.05, 4.69) is 5.32 Å². The molecule has 0 aromatic rings. The number of rotatable bonds is 1. The van der Waals surface area contributed by atoms with Gasteiger partial charge in [0, 0.05) is 19.8 Å². The first-order chi connectivity index (χ1) is 8.07. The SMILES string of the molecule is CC(=O)NC12CCCC(=O)C1CC=C(C#N)O2. The summed E-state index contributed by atoms with van der Waals surface area (Å²) >= 11 is 0. The number of ketones is 1. The molecule has 2 unspecified atom stereocenters. The highest BCUT2D eigenvalue weighted by molar-refractivity contribution is 5.85. The van der Waals surface area contributed by atoms with E-state index in [1.54, 1.807) is 6.08 Å². The van der Waals surface area contributed by atoms with Crippen LogP contribution in [0.25, 0.3) is 0 Å². The molecule has 1 N–H and O–H groups in total. The minimum absolute atomic E-state index is 0.0956. The molecule has 0 radical (unpaired) electrons. The second-order valence-corrected chi connectivity index (χ2v) is 4.46. The summed E-state index contributed by atoms with van der Waals surface area (Å²) in [6.07, 6.45) is 3.84.